The van der Waals surface area contributed by atoms with Crippen molar-refractivity contribution in [3.05, 3.63) is 30.5 Å². The van der Waals surface area contributed by atoms with Crippen LogP contribution in [0.2, 0.25) is 0 Å². The Bertz CT molecular complexity index is 613. The summed E-state index contributed by atoms with van der Waals surface area (Å²) in [4.78, 5) is 4.06. The second-order valence-corrected chi connectivity index (χ2v) is 3.09. The molecule has 0 N–H and O–H groups in total. The van der Waals surface area contributed by atoms with E-state index in [4.69, 9.17) is 0 Å². The molecule has 0 bridgehead atoms. The summed E-state index contributed by atoms with van der Waals surface area (Å²) in [5.74, 6) is 0.783. The van der Waals surface area contributed by atoms with Crippen LogP contribution in [0.4, 0.5) is 0 Å². The van der Waals surface area contributed by atoms with E-state index in [2.05, 4.69) is 20.3 Å². The van der Waals surface area contributed by atoms with E-state index in [-0.39, 0.29) is 0 Å². The van der Waals surface area contributed by atoms with Crippen molar-refractivity contribution in [3.8, 4) is 0 Å². The quantitative estimate of drug-likeness (QED) is 0.524. The molecule has 0 radical (unpaired) electrons. The summed E-state index contributed by atoms with van der Waals surface area (Å²) in [6, 6.07) is 1.91. The molecule has 3 heterocycles. The van der Waals surface area contributed by atoms with Gasteiger partial charge in [-0.05, 0) is 13.0 Å². The molecule has 3 rings (SSSR count). The van der Waals surface area contributed by atoms with E-state index in [0.29, 0.717) is 0 Å². The number of pyridine rings is 1. The molecule has 5 heteroatoms. The predicted octanol–water partition coefficient (Wildman–Crippen LogP) is 0.981. The van der Waals surface area contributed by atoms with Gasteiger partial charge in [-0.2, -0.15) is 9.61 Å². The molecule has 0 aliphatic rings. The zero-order chi connectivity index (χ0) is 9.54. The minimum Gasteiger partial charge on any atom is -0.264 e. The largest absolute Gasteiger partial charge is 0.264 e. The van der Waals surface area contributed by atoms with Crippen LogP contribution < -0.4 is 0 Å². The first-order valence-electron chi connectivity index (χ1n) is 4.27. The summed E-state index contributed by atoms with van der Waals surface area (Å²) in [5, 5.41) is 14.3. The maximum absolute atomic E-state index is 4.23. The van der Waals surface area contributed by atoms with Gasteiger partial charge in [0.25, 0.3) is 0 Å². The molecular weight excluding hydrogens is 178 g/mol. The molecule has 0 spiro atoms. The fourth-order valence-electron chi connectivity index (χ4n) is 1.49. The first-order chi connectivity index (χ1) is 6.86. The van der Waals surface area contributed by atoms with Crippen LogP contribution in [0, 0.1) is 6.92 Å². The summed E-state index contributed by atoms with van der Waals surface area (Å²) in [7, 11) is 0. The molecule has 0 fully saturated rings. The number of fused-ring (bicyclic) bond motifs is 3. The Morgan fingerprint density at radius 2 is 2.14 bits per heavy atom. The topological polar surface area (TPSA) is 56.0 Å². The van der Waals surface area contributed by atoms with Crippen LogP contribution in [0.15, 0.2) is 24.7 Å². The molecule has 0 amide bonds. The van der Waals surface area contributed by atoms with E-state index in [1.807, 2.05) is 13.0 Å². The monoisotopic (exact) mass is 185 g/mol. The van der Waals surface area contributed by atoms with Crippen LogP contribution >= 0.6 is 0 Å². The smallest absolute Gasteiger partial charge is 0.187 e. The maximum atomic E-state index is 4.23. The first kappa shape index (κ1) is 7.37. The van der Waals surface area contributed by atoms with Crippen molar-refractivity contribution in [2.24, 2.45) is 0 Å². The average molecular weight is 185 g/mol. The number of rotatable bonds is 0. The molecular formula is C9H7N5. The van der Waals surface area contributed by atoms with Gasteiger partial charge in [-0.3, -0.25) is 4.98 Å². The molecule has 0 saturated heterocycles. The molecule has 0 aromatic carbocycles. The lowest BCUT2D eigenvalue weighted by atomic mass is 10.2. The lowest BCUT2D eigenvalue weighted by Gasteiger charge is -1.97. The SMILES string of the molecule is Cc1nnc2c3cnccc3cnn12. The van der Waals surface area contributed by atoms with Gasteiger partial charge in [-0.1, -0.05) is 0 Å². The molecule has 14 heavy (non-hydrogen) atoms. The molecule has 5 nitrogen and oxygen atoms in total. The second kappa shape index (κ2) is 2.47. The van der Waals surface area contributed by atoms with E-state index in [9.17, 15) is 0 Å². The lowest BCUT2D eigenvalue weighted by Crippen LogP contribution is -1.94. The second-order valence-electron chi connectivity index (χ2n) is 3.09. The van der Waals surface area contributed by atoms with E-state index in [1.165, 1.54) is 0 Å². The van der Waals surface area contributed by atoms with E-state index >= 15 is 0 Å². The molecule has 0 saturated carbocycles. The van der Waals surface area contributed by atoms with Crippen molar-refractivity contribution in [3.63, 3.8) is 0 Å². The van der Waals surface area contributed by atoms with Gasteiger partial charge in [0, 0.05) is 23.2 Å². The Morgan fingerprint density at radius 1 is 1.21 bits per heavy atom. The predicted molar refractivity (Wildman–Crippen MR) is 50.8 cm³/mol. The Hall–Kier alpha value is -2.04. The standard InChI is InChI=1S/C9H7N5/c1-6-12-13-9-8-5-10-3-2-7(8)4-11-14(6)9/h2-5H,1H3. The van der Waals surface area contributed by atoms with Crippen LogP contribution in [-0.4, -0.2) is 24.8 Å². The van der Waals surface area contributed by atoms with Crippen LogP contribution in [0.1, 0.15) is 5.82 Å². The van der Waals surface area contributed by atoms with Crippen LogP contribution in [0.25, 0.3) is 16.4 Å². The van der Waals surface area contributed by atoms with Gasteiger partial charge in [0.2, 0.25) is 0 Å². The summed E-state index contributed by atoms with van der Waals surface area (Å²) in [6.07, 6.45) is 5.31. The van der Waals surface area contributed by atoms with Crippen LogP contribution in [0.3, 0.4) is 0 Å². The summed E-state index contributed by atoms with van der Waals surface area (Å²) in [5.41, 5.74) is 0.758. The number of hydrogen-bond acceptors (Lipinski definition) is 4. The number of hydrogen-bond donors (Lipinski definition) is 0. The third kappa shape index (κ3) is 0.834. The van der Waals surface area contributed by atoms with Crippen molar-refractivity contribution in [1.82, 2.24) is 24.8 Å². The minimum absolute atomic E-state index is 0.758. The highest BCUT2D eigenvalue weighted by Gasteiger charge is 2.05. The highest BCUT2D eigenvalue weighted by Crippen LogP contribution is 2.15. The van der Waals surface area contributed by atoms with Gasteiger partial charge in [-0.15, -0.1) is 10.2 Å². The number of nitrogens with zero attached hydrogens (tertiary/aromatic N) is 5. The fourth-order valence-corrected chi connectivity index (χ4v) is 1.49. The van der Waals surface area contributed by atoms with E-state index < -0.39 is 0 Å². The Morgan fingerprint density at radius 3 is 3.07 bits per heavy atom. The van der Waals surface area contributed by atoms with Gasteiger partial charge in [0.05, 0.1) is 6.20 Å². The number of aromatic nitrogens is 5. The third-order valence-electron chi connectivity index (χ3n) is 2.20. The summed E-state index contributed by atoms with van der Waals surface area (Å²) < 4.78 is 1.71. The highest BCUT2D eigenvalue weighted by atomic mass is 15.4. The molecule has 3 aromatic rings. The average Bonchev–Trinajstić information content (AvgIpc) is 2.61. The van der Waals surface area contributed by atoms with Gasteiger partial charge in [0.1, 0.15) is 0 Å². The van der Waals surface area contributed by atoms with E-state index in [0.717, 1.165) is 22.2 Å². The summed E-state index contributed by atoms with van der Waals surface area (Å²) in [6.45, 7) is 1.87. The normalized spacial score (nSPS) is 11.2. The van der Waals surface area contributed by atoms with Crippen molar-refractivity contribution >= 4 is 16.4 Å². The van der Waals surface area contributed by atoms with Gasteiger partial charge < -0.3 is 0 Å². The Balaban J connectivity index is 2.61. The minimum atomic E-state index is 0.758. The third-order valence-corrected chi connectivity index (χ3v) is 2.20. The maximum Gasteiger partial charge on any atom is 0.187 e. The molecule has 68 valence electrons. The van der Waals surface area contributed by atoms with Crippen molar-refractivity contribution in [1.29, 1.82) is 0 Å². The number of aryl methyl sites for hydroxylation is 1. The Labute approximate surface area is 79.4 Å². The lowest BCUT2D eigenvalue weighted by molar-refractivity contribution is 0.881. The van der Waals surface area contributed by atoms with Gasteiger partial charge in [-0.25, -0.2) is 0 Å². The van der Waals surface area contributed by atoms with Gasteiger partial charge in [0.15, 0.2) is 11.5 Å². The zero-order valence-electron chi connectivity index (χ0n) is 7.55. The Kier molecular flexibility index (Phi) is 1.30. The zero-order valence-corrected chi connectivity index (χ0v) is 7.55. The molecule has 0 unspecified atom stereocenters. The molecule has 3 aromatic heterocycles. The van der Waals surface area contributed by atoms with Crippen molar-refractivity contribution < 1.29 is 0 Å². The molecule has 0 aliphatic heterocycles. The first-order valence-corrected chi connectivity index (χ1v) is 4.27. The highest BCUT2D eigenvalue weighted by molar-refractivity contribution is 5.91. The molecule has 0 atom stereocenters. The summed E-state index contributed by atoms with van der Waals surface area (Å²) >= 11 is 0. The van der Waals surface area contributed by atoms with Crippen LogP contribution in [-0.2, 0) is 0 Å². The van der Waals surface area contributed by atoms with Crippen molar-refractivity contribution in [2.45, 2.75) is 6.92 Å². The van der Waals surface area contributed by atoms with Crippen LogP contribution in [0.5, 0.6) is 0 Å². The van der Waals surface area contributed by atoms with Gasteiger partial charge >= 0.3 is 0 Å². The molecule has 0 aliphatic carbocycles. The fraction of sp³-hybridized carbons (Fsp3) is 0.111. The van der Waals surface area contributed by atoms with E-state index in [1.54, 1.807) is 23.1 Å². The van der Waals surface area contributed by atoms with Crippen molar-refractivity contribution in [2.75, 3.05) is 0 Å².